The summed E-state index contributed by atoms with van der Waals surface area (Å²) in [6, 6.07) is 12.0. The molecule has 0 saturated heterocycles. The van der Waals surface area contributed by atoms with Crippen LogP contribution in [0.3, 0.4) is 0 Å². The Hall–Kier alpha value is -2.11. The molecule has 0 spiro atoms. The summed E-state index contributed by atoms with van der Waals surface area (Å²) in [4.78, 5) is 12.2. The maximum atomic E-state index is 12.2. The number of benzene rings is 2. The molecular weight excluding hydrogens is 313 g/mol. The number of hydrogen-bond donors (Lipinski definition) is 0. The lowest BCUT2D eigenvalue weighted by molar-refractivity contribution is 0.211. The summed E-state index contributed by atoms with van der Waals surface area (Å²) in [7, 11) is 0. The predicted molar refractivity (Wildman–Crippen MR) is 80.9 cm³/mol. The Labute approximate surface area is 129 Å². The van der Waals surface area contributed by atoms with E-state index in [1.807, 2.05) is 0 Å². The zero-order chi connectivity index (χ0) is 14.8. The third kappa shape index (κ3) is 2.70. The molecule has 0 aliphatic heterocycles. The number of ether oxygens (including phenoxy) is 1. The standard InChI is InChI=1S/C14H9Cl2N3O2/c15-10-5-3-6-11(16)13(10)21-8-19-14(20)9-4-1-2-7-12(9)17-18-19/h1-7H,8H2. The fourth-order valence-corrected chi connectivity index (χ4v) is 2.36. The van der Waals surface area contributed by atoms with E-state index >= 15 is 0 Å². The van der Waals surface area contributed by atoms with Crippen molar-refractivity contribution in [2.75, 3.05) is 0 Å². The summed E-state index contributed by atoms with van der Waals surface area (Å²) < 4.78 is 6.59. The Bertz CT molecular complexity index is 844. The SMILES string of the molecule is O=c1c2ccccc2nnn1COc1c(Cl)cccc1Cl. The third-order valence-corrected chi connectivity index (χ3v) is 3.47. The molecule has 0 fully saturated rings. The predicted octanol–water partition coefficient (Wildman–Crippen LogP) is 3.13. The van der Waals surface area contributed by atoms with Crippen LogP contribution in [0.1, 0.15) is 0 Å². The Morgan fingerprint density at radius 2 is 1.76 bits per heavy atom. The fourth-order valence-electron chi connectivity index (χ4n) is 1.85. The lowest BCUT2D eigenvalue weighted by Gasteiger charge is -2.10. The molecule has 0 N–H and O–H groups in total. The van der Waals surface area contributed by atoms with Gasteiger partial charge in [0.15, 0.2) is 12.5 Å². The highest BCUT2D eigenvalue weighted by atomic mass is 35.5. The van der Waals surface area contributed by atoms with Crippen molar-refractivity contribution < 1.29 is 4.74 Å². The van der Waals surface area contributed by atoms with E-state index in [2.05, 4.69) is 10.3 Å². The van der Waals surface area contributed by atoms with Crippen LogP contribution in [-0.2, 0) is 6.73 Å². The largest absolute Gasteiger partial charge is 0.468 e. The lowest BCUT2D eigenvalue weighted by Crippen LogP contribution is -2.26. The first-order valence-electron chi connectivity index (χ1n) is 6.06. The van der Waals surface area contributed by atoms with Crippen molar-refractivity contribution in [2.45, 2.75) is 6.73 Å². The molecule has 0 bridgehead atoms. The van der Waals surface area contributed by atoms with Gasteiger partial charge in [-0.1, -0.05) is 46.6 Å². The van der Waals surface area contributed by atoms with E-state index in [4.69, 9.17) is 27.9 Å². The number of fused-ring (bicyclic) bond motifs is 1. The van der Waals surface area contributed by atoms with Gasteiger partial charge in [0.1, 0.15) is 5.52 Å². The summed E-state index contributed by atoms with van der Waals surface area (Å²) in [5, 5.41) is 8.99. The summed E-state index contributed by atoms with van der Waals surface area (Å²) >= 11 is 12.0. The zero-order valence-electron chi connectivity index (χ0n) is 10.7. The molecule has 7 heteroatoms. The van der Waals surface area contributed by atoms with Crippen LogP contribution in [0.2, 0.25) is 10.0 Å². The van der Waals surface area contributed by atoms with Crippen molar-refractivity contribution in [3.63, 3.8) is 0 Å². The van der Waals surface area contributed by atoms with E-state index in [9.17, 15) is 4.79 Å². The average molecular weight is 322 g/mol. The lowest BCUT2D eigenvalue weighted by atomic mass is 10.2. The Morgan fingerprint density at radius 1 is 1.05 bits per heavy atom. The highest BCUT2D eigenvalue weighted by Gasteiger charge is 2.09. The smallest absolute Gasteiger partial charge is 0.280 e. The molecule has 0 unspecified atom stereocenters. The molecule has 1 heterocycles. The van der Waals surface area contributed by atoms with Crippen molar-refractivity contribution in [3.8, 4) is 5.75 Å². The van der Waals surface area contributed by atoms with Crippen LogP contribution in [-0.4, -0.2) is 15.0 Å². The number of aromatic nitrogens is 3. The minimum absolute atomic E-state index is 0.125. The zero-order valence-corrected chi connectivity index (χ0v) is 12.2. The fraction of sp³-hybridized carbons (Fsp3) is 0.0714. The van der Waals surface area contributed by atoms with Gasteiger partial charge in [-0.25, -0.2) is 0 Å². The van der Waals surface area contributed by atoms with E-state index in [1.54, 1.807) is 42.5 Å². The molecule has 0 aliphatic carbocycles. The Kier molecular flexibility index (Phi) is 3.77. The number of hydrogen-bond acceptors (Lipinski definition) is 4. The summed E-state index contributed by atoms with van der Waals surface area (Å²) in [6.45, 7) is -0.125. The van der Waals surface area contributed by atoms with Gasteiger partial charge in [0.25, 0.3) is 5.56 Å². The van der Waals surface area contributed by atoms with Gasteiger partial charge >= 0.3 is 0 Å². The number of rotatable bonds is 3. The van der Waals surface area contributed by atoms with Crippen LogP contribution in [0.25, 0.3) is 10.9 Å². The van der Waals surface area contributed by atoms with Crippen LogP contribution in [0.15, 0.2) is 47.3 Å². The molecule has 0 aliphatic rings. The topological polar surface area (TPSA) is 57.0 Å². The molecule has 0 amide bonds. The molecular formula is C14H9Cl2N3O2. The van der Waals surface area contributed by atoms with Crippen LogP contribution in [0.4, 0.5) is 0 Å². The first kappa shape index (κ1) is 13.9. The second-order valence-corrected chi connectivity index (χ2v) is 5.05. The van der Waals surface area contributed by atoms with Crippen LogP contribution in [0.5, 0.6) is 5.75 Å². The maximum absolute atomic E-state index is 12.2. The highest BCUT2D eigenvalue weighted by molar-refractivity contribution is 6.37. The molecule has 106 valence electrons. The van der Waals surface area contributed by atoms with Crippen molar-refractivity contribution in [1.29, 1.82) is 0 Å². The minimum Gasteiger partial charge on any atom is -0.468 e. The molecule has 5 nitrogen and oxygen atoms in total. The van der Waals surface area contributed by atoms with Gasteiger partial charge in [-0.05, 0) is 24.3 Å². The Morgan fingerprint density at radius 3 is 2.52 bits per heavy atom. The first-order chi connectivity index (χ1) is 10.2. The number of para-hydroxylation sites is 1. The maximum Gasteiger partial charge on any atom is 0.280 e. The number of halogens is 2. The third-order valence-electron chi connectivity index (χ3n) is 2.88. The van der Waals surface area contributed by atoms with Gasteiger partial charge in [0, 0.05) is 0 Å². The molecule has 0 saturated carbocycles. The van der Waals surface area contributed by atoms with Gasteiger partial charge < -0.3 is 4.74 Å². The first-order valence-corrected chi connectivity index (χ1v) is 6.82. The van der Waals surface area contributed by atoms with E-state index < -0.39 is 0 Å². The second-order valence-electron chi connectivity index (χ2n) is 4.24. The van der Waals surface area contributed by atoms with Gasteiger partial charge in [-0.3, -0.25) is 4.79 Å². The molecule has 0 atom stereocenters. The van der Waals surface area contributed by atoms with Crippen LogP contribution in [0, 0.1) is 0 Å². The summed E-state index contributed by atoms with van der Waals surface area (Å²) in [5.74, 6) is 0.308. The van der Waals surface area contributed by atoms with E-state index in [0.29, 0.717) is 26.7 Å². The van der Waals surface area contributed by atoms with Crippen molar-refractivity contribution in [1.82, 2.24) is 15.0 Å². The van der Waals surface area contributed by atoms with Crippen molar-refractivity contribution in [3.05, 3.63) is 62.9 Å². The van der Waals surface area contributed by atoms with E-state index in [-0.39, 0.29) is 12.3 Å². The number of nitrogens with zero attached hydrogens (tertiary/aromatic N) is 3. The van der Waals surface area contributed by atoms with Crippen LogP contribution < -0.4 is 10.3 Å². The molecule has 0 radical (unpaired) electrons. The van der Waals surface area contributed by atoms with Gasteiger partial charge in [0.2, 0.25) is 0 Å². The monoisotopic (exact) mass is 321 g/mol. The van der Waals surface area contributed by atoms with Crippen molar-refractivity contribution in [2.24, 2.45) is 0 Å². The van der Waals surface area contributed by atoms with Gasteiger partial charge in [-0.15, -0.1) is 5.10 Å². The summed E-state index contributed by atoms with van der Waals surface area (Å²) in [5.41, 5.74) is 0.248. The highest BCUT2D eigenvalue weighted by Crippen LogP contribution is 2.32. The molecule has 2 aromatic carbocycles. The quantitative estimate of drug-likeness (QED) is 0.743. The van der Waals surface area contributed by atoms with E-state index in [0.717, 1.165) is 4.68 Å². The van der Waals surface area contributed by atoms with Gasteiger partial charge in [-0.2, -0.15) is 4.68 Å². The van der Waals surface area contributed by atoms with Gasteiger partial charge in [0.05, 0.1) is 15.4 Å². The Balaban J connectivity index is 1.93. The van der Waals surface area contributed by atoms with Crippen LogP contribution >= 0.6 is 23.2 Å². The molecule has 3 rings (SSSR count). The van der Waals surface area contributed by atoms with Crippen molar-refractivity contribution >= 4 is 34.1 Å². The second kappa shape index (κ2) is 5.71. The normalized spacial score (nSPS) is 10.8. The molecule has 3 aromatic rings. The minimum atomic E-state index is -0.288. The molecule has 21 heavy (non-hydrogen) atoms. The molecule has 1 aromatic heterocycles. The average Bonchev–Trinajstić information content (AvgIpc) is 2.49. The summed E-state index contributed by atoms with van der Waals surface area (Å²) in [6.07, 6.45) is 0. The van der Waals surface area contributed by atoms with E-state index in [1.165, 1.54) is 0 Å².